The van der Waals surface area contributed by atoms with Crippen LogP contribution in [-0.4, -0.2) is 38.1 Å². The molecule has 0 radical (unpaired) electrons. The van der Waals surface area contributed by atoms with Crippen molar-refractivity contribution in [3.8, 4) is 0 Å². The number of tetrazole rings is 1. The molecule has 112 valence electrons. The highest BCUT2D eigenvalue weighted by molar-refractivity contribution is 5.95. The van der Waals surface area contributed by atoms with Crippen molar-refractivity contribution in [1.82, 2.24) is 30.9 Å². The van der Waals surface area contributed by atoms with Gasteiger partial charge in [-0.1, -0.05) is 12.1 Å². The first-order valence-corrected chi connectivity index (χ1v) is 6.87. The second kappa shape index (κ2) is 6.78. The largest absolute Gasteiger partial charge is 0.370 e. The lowest BCUT2D eigenvalue weighted by Gasteiger charge is -2.12. The number of rotatable bonds is 6. The van der Waals surface area contributed by atoms with Crippen molar-refractivity contribution in [3.63, 3.8) is 0 Å². The number of aromatic nitrogens is 5. The average Bonchev–Trinajstić information content (AvgIpc) is 2.98. The maximum absolute atomic E-state index is 12.3. The summed E-state index contributed by atoms with van der Waals surface area (Å²) in [6.07, 6.45) is 0.992. The summed E-state index contributed by atoms with van der Waals surface area (Å²) in [6, 6.07) is 3.16. The second-order valence-electron chi connectivity index (χ2n) is 4.77. The van der Waals surface area contributed by atoms with Gasteiger partial charge in [0.2, 0.25) is 0 Å². The summed E-state index contributed by atoms with van der Waals surface area (Å²) in [4.78, 5) is 16.6. The van der Waals surface area contributed by atoms with Gasteiger partial charge in [-0.15, -0.1) is 10.2 Å². The van der Waals surface area contributed by atoms with Gasteiger partial charge in [-0.25, -0.2) is 4.98 Å². The summed E-state index contributed by atoms with van der Waals surface area (Å²) in [7, 11) is 0. The molecule has 1 atom stereocenters. The number of carbonyl (C=O) groups excluding carboxylic acids is 1. The molecule has 3 N–H and O–H groups in total. The average molecular weight is 289 g/mol. The minimum atomic E-state index is -0.322. The molecule has 0 aromatic carbocycles. The maximum Gasteiger partial charge on any atom is 0.252 e. The van der Waals surface area contributed by atoms with Crippen LogP contribution in [0.15, 0.2) is 12.1 Å². The first-order valence-electron chi connectivity index (χ1n) is 6.87. The summed E-state index contributed by atoms with van der Waals surface area (Å²) in [5.41, 5.74) is 1.34. The van der Waals surface area contributed by atoms with Crippen molar-refractivity contribution in [2.24, 2.45) is 0 Å². The van der Waals surface area contributed by atoms with Crippen LogP contribution < -0.4 is 10.6 Å². The Balaban J connectivity index is 2.09. The predicted octanol–water partition coefficient (Wildman–Crippen LogP) is 1.22. The van der Waals surface area contributed by atoms with Crippen LogP contribution in [0.5, 0.6) is 0 Å². The Morgan fingerprint density at radius 2 is 2.24 bits per heavy atom. The molecular formula is C13H19N7O. The summed E-state index contributed by atoms with van der Waals surface area (Å²) < 4.78 is 0. The lowest BCUT2D eigenvalue weighted by atomic mass is 10.2. The Bertz CT molecular complexity index is 597. The van der Waals surface area contributed by atoms with E-state index in [0.717, 1.165) is 18.7 Å². The normalized spacial score (nSPS) is 12.0. The Kier molecular flexibility index (Phi) is 4.81. The lowest BCUT2D eigenvalue weighted by molar-refractivity contribution is 0.0938. The molecular weight excluding hydrogens is 270 g/mol. The van der Waals surface area contributed by atoms with Crippen LogP contribution in [0, 0.1) is 6.92 Å². The zero-order chi connectivity index (χ0) is 15.2. The molecule has 21 heavy (non-hydrogen) atoms. The third-order valence-electron chi connectivity index (χ3n) is 2.87. The van der Waals surface area contributed by atoms with Gasteiger partial charge in [0, 0.05) is 17.8 Å². The molecule has 8 nitrogen and oxygen atoms in total. The minimum absolute atomic E-state index is 0.197. The maximum atomic E-state index is 12.3. The van der Waals surface area contributed by atoms with E-state index in [1.807, 2.05) is 6.92 Å². The highest BCUT2D eigenvalue weighted by Gasteiger charge is 2.15. The van der Waals surface area contributed by atoms with Gasteiger partial charge in [0.05, 0.1) is 6.04 Å². The van der Waals surface area contributed by atoms with Crippen molar-refractivity contribution in [3.05, 3.63) is 29.2 Å². The van der Waals surface area contributed by atoms with E-state index < -0.39 is 0 Å². The van der Waals surface area contributed by atoms with Crippen LogP contribution in [-0.2, 0) is 0 Å². The topological polar surface area (TPSA) is 108 Å². The number of hydrogen-bond donors (Lipinski definition) is 3. The molecule has 8 heteroatoms. The van der Waals surface area contributed by atoms with E-state index in [1.54, 1.807) is 19.1 Å². The summed E-state index contributed by atoms with van der Waals surface area (Å²) in [6.45, 7) is 6.54. The number of aromatic amines is 1. The van der Waals surface area contributed by atoms with E-state index in [0.29, 0.717) is 17.2 Å². The van der Waals surface area contributed by atoms with Crippen LogP contribution >= 0.6 is 0 Å². The second-order valence-corrected chi connectivity index (χ2v) is 4.77. The number of hydrogen-bond acceptors (Lipinski definition) is 6. The van der Waals surface area contributed by atoms with E-state index in [2.05, 4.69) is 43.2 Å². The van der Waals surface area contributed by atoms with Gasteiger partial charge in [0.1, 0.15) is 5.82 Å². The third-order valence-corrected chi connectivity index (χ3v) is 2.87. The molecule has 0 fully saturated rings. The molecule has 1 unspecified atom stereocenters. The van der Waals surface area contributed by atoms with Gasteiger partial charge < -0.3 is 10.6 Å². The molecule has 0 aliphatic rings. The highest BCUT2D eigenvalue weighted by atomic mass is 16.1. The number of anilines is 1. The number of pyridine rings is 1. The summed E-state index contributed by atoms with van der Waals surface area (Å²) in [5, 5.41) is 19.6. The first-order chi connectivity index (χ1) is 10.1. The van der Waals surface area contributed by atoms with Gasteiger partial charge >= 0.3 is 0 Å². The summed E-state index contributed by atoms with van der Waals surface area (Å²) in [5.74, 6) is 0.949. The van der Waals surface area contributed by atoms with E-state index in [9.17, 15) is 4.79 Å². The van der Waals surface area contributed by atoms with Crippen LogP contribution in [0.4, 0.5) is 5.82 Å². The molecule has 0 aliphatic heterocycles. The molecule has 2 aromatic heterocycles. The lowest BCUT2D eigenvalue weighted by Crippen LogP contribution is -2.27. The van der Waals surface area contributed by atoms with Gasteiger partial charge in [-0.05, 0) is 32.4 Å². The molecule has 0 aliphatic carbocycles. The number of nitrogens with one attached hydrogen (secondary N) is 3. The molecule has 2 rings (SSSR count). The van der Waals surface area contributed by atoms with Crippen molar-refractivity contribution in [1.29, 1.82) is 0 Å². The van der Waals surface area contributed by atoms with Crippen molar-refractivity contribution >= 4 is 11.7 Å². The molecule has 0 saturated carbocycles. The quantitative estimate of drug-likeness (QED) is 0.737. The number of H-pyrrole nitrogens is 1. The Labute approximate surface area is 122 Å². The van der Waals surface area contributed by atoms with Crippen LogP contribution in [0.3, 0.4) is 0 Å². The Morgan fingerprint density at radius 3 is 2.90 bits per heavy atom. The zero-order valence-corrected chi connectivity index (χ0v) is 12.3. The zero-order valence-electron chi connectivity index (χ0n) is 12.3. The van der Waals surface area contributed by atoms with Gasteiger partial charge in [-0.2, -0.15) is 5.21 Å². The van der Waals surface area contributed by atoms with Gasteiger partial charge in [0.15, 0.2) is 5.82 Å². The number of amides is 1. The molecule has 0 saturated heterocycles. The standard InChI is InChI=1S/C13H19N7O/c1-4-5-14-11-7-10(6-8(2)15-11)13(21)16-9(3)12-17-19-20-18-12/h6-7,9H,4-5H2,1-3H3,(H,14,15)(H,16,21)(H,17,18,19,20). The number of nitrogens with zero attached hydrogens (tertiary/aromatic N) is 4. The molecule has 0 spiro atoms. The predicted molar refractivity (Wildman–Crippen MR) is 77.8 cm³/mol. The fourth-order valence-electron chi connectivity index (χ4n) is 1.84. The summed E-state index contributed by atoms with van der Waals surface area (Å²) >= 11 is 0. The van der Waals surface area contributed by atoms with Crippen LogP contribution in [0.1, 0.15) is 48.2 Å². The monoisotopic (exact) mass is 289 g/mol. The SMILES string of the molecule is CCCNc1cc(C(=O)NC(C)c2nn[nH]n2)cc(C)n1. The van der Waals surface area contributed by atoms with Gasteiger partial charge in [0.25, 0.3) is 5.91 Å². The van der Waals surface area contributed by atoms with E-state index >= 15 is 0 Å². The van der Waals surface area contributed by atoms with Crippen molar-refractivity contribution in [2.75, 3.05) is 11.9 Å². The smallest absolute Gasteiger partial charge is 0.252 e. The Morgan fingerprint density at radius 1 is 1.43 bits per heavy atom. The van der Waals surface area contributed by atoms with Crippen molar-refractivity contribution in [2.45, 2.75) is 33.2 Å². The van der Waals surface area contributed by atoms with Crippen LogP contribution in [0.2, 0.25) is 0 Å². The fraction of sp³-hybridized carbons (Fsp3) is 0.462. The molecule has 2 aromatic rings. The first kappa shape index (κ1) is 14.9. The molecule has 0 bridgehead atoms. The number of aryl methyl sites for hydroxylation is 1. The third kappa shape index (κ3) is 3.98. The molecule has 1 amide bonds. The van der Waals surface area contributed by atoms with Gasteiger partial charge in [-0.3, -0.25) is 4.79 Å². The van der Waals surface area contributed by atoms with E-state index in [1.165, 1.54) is 0 Å². The van der Waals surface area contributed by atoms with E-state index in [-0.39, 0.29) is 11.9 Å². The highest BCUT2D eigenvalue weighted by Crippen LogP contribution is 2.12. The van der Waals surface area contributed by atoms with Crippen molar-refractivity contribution < 1.29 is 4.79 Å². The van der Waals surface area contributed by atoms with Crippen LogP contribution in [0.25, 0.3) is 0 Å². The number of carbonyl (C=O) groups is 1. The minimum Gasteiger partial charge on any atom is -0.370 e. The molecule has 2 heterocycles. The van der Waals surface area contributed by atoms with E-state index in [4.69, 9.17) is 0 Å². The Hall–Kier alpha value is -2.51. The fourth-order valence-corrected chi connectivity index (χ4v) is 1.84.